The first-order valence-corrected chi connectivity index (χ1v) is 13.5. The van der Waals surface area contributed by atoms with E-state index >= 15 is 0 Å². The Morgan fingerprint density at radius 3 is 2.00 bits per heavy atom. The van der Waals surface area contributed by atoms with Crippen molar-refractivity contribution in [2.24, 2.45) is 0 Å². The summed E-state index contributed by atoms with van der Waals surface area (Å²) in [7, 11) is 6.00. The van der Waals surface area contributed by atoms with Gasteiger partial charge in [0.15, 0.2) is 23.0 Å². The zero-order chi connectivity index (χ0) is 30.5. The molecule has 0 spiro atoms. The van der Waals surface area contributed by atoms with E-state index < -0.39 is 18.1 Å². The average molecular weight is 585 g/mol. The summed E-state index contributed by atoms with van der Waals surface area (Å²) in [5.41, 5.74) is 3.37. The number of carbonyl (C=O) groups is 2. The van der Waals surface area contributed by atoms with Crippen LogP contribution in [0.3, 0.4) is 0 Å². The number of β-lactam (4-membered cyclic amide) rings is 1. The van der Waals surface area contributed by atoms with E-state index in [-0.39, 0.29) is 18.3 Å². The molecular weight excluding hydrogens is 552 g/mol. The summed E-state index contributed by atoms with van der Waals surface area (Å²) in [6, 6.07) is 24.4. The first-order valence-electron chi connectivity index (χ1n) is 13.5. The van der Waals surface area contributed by atoms with Crippen LogP contribution in [0.25, 0.3) is 0 Å². The second-order valence-electron chi connectivity index (χ2n) is 9.75. The zero-order valence-electron chi connectivity index (χ0n) is 24.2. The molecule has 222 valence electrons. The Morgan fingerprint density at radius 1 is 0.791 bits per heavy atom. The topological polar surface area (TPSA) is 116 Å². The average Bonchev–Trinajstić information content (AvgIpc) is 3.03. The molecular formula is C33H32N2O8. The number of phenols is 1. The maximum absolute atomic E-state index is 13.8. The molecule has 0 saturated carbocycles. The summed E-state index contributed by atoms with van der Waals surface area (Å²) in [4.78, 5) is 27.8. The Balaban J connectivity index is 1.42. The summed E-state index contributed by atoms with van der Waals surface area (Å²) in [6.07, 6.45) is -0.587. The largest absolute Gasteiger partial charge is 0.504 e. The van der Waals surface area contributed by atoms with E-state index in [4.69, 9.17) is 23.7 Å². The Kier molecular flexibility index (Phi) is 8.56. The van der Waals surface area contributed by atoms with E-state index in [1.54, 1.807) is 53.4 Å². The second-order valence-corrected chi connectivity index (χ2v) is 9.75. The quantitative estimate of drug-likeness (QED) is 0.217. The number of ether oxygens (including phenoxy) is 5. The van der Waals surface area contributed by atoms with Gasteiger partial charge in [0.25, 0.3) is 0 Å². The van der Waals surface area contributed by atoms with Gasteiger partial charge in [0.2, 0.25) is 11.7 Å². The minimum atomic E-state index is -0.587. The van der Waals surface area contributed by atoms with Gasteiger partial charge in [-0.2, -0.15) is 0 Å². The van der Waals surface area contributed by atoms with E-state index in [1.165, 1.54) is 28.4 Å². The first-order chi connectivity index (χ1) is 20.9. The van der Waals surface area contributed by atoms with Crippen molar-refractivity contribution in [1.29, 1.82) is 0 Å². The summed E-state index contributed by atoms with van der Waals surface area (Å²) < 4.78 is 27.0. The molecule has 1 aliphatic rings. The minimum Gasteiger partial charge on any atom is -0.504 e. The smallest absolute Gasteiger partial charge is 0.411 e. The normalized spacial score (nSPS) is 15.7. The van der Waals surface area contributed by atoms with Gasteiger partial charge in [0.05, 0.1) is 46.1 Å². The maximum Gasteiger partial charge on any atom is 0.411 e. The first kappa shape index (κ1) is 29.1. The van der Waals surface area contributed by atoms with E-state index in [2.05, 4.69) is 5.32 Å². The number of amides is 2. The molecule has 2 unspecified atom stereocenters. The van der Waals surface area contributed by atoms with Crippen LogP contribution in [0.4, 0.5) is 16.2 Å². The summed E-state index contributed by atoms with van der Waals surface area (Å²) in [5, 5.41) is 13.3. The Bertz CT molecular complexity index is 1580. The lowest BCUT2D eigenvalue weighted by atomic mass is 9.77. The number of benzene rings is 4. The molecule has 0 aliphatic carbocycles. The third kappa shape index (κ3) is 5.85. The SMILES string of the molecule is COc1ccc(C2C(c3ccc(NC(=O)OCc4ccccc4)cc3)C(=O)N2c2cc(OC)c(OC)c(OC)c2)cc1O. The van der Waals surface area contributed by atoms with Crippen LogP contribution in [0.5, 0.6) is 28.7 Å². The van der Waals surface area contributed by atoms with Crippen molar-refractivity contribution >= 4 is 23.4 Å². The van der Waals surface area contributed by atoms with Crippen LogP contribution in [0.2, 0.25) is 0 Å². The van der Waals surface area contributed by atoms with Crippen LogP contribution in [-0.4, -0.2) is 45.5 Å². The highest BCUT2D eigenvalue weighted by atomic mass is 16.5. The molecule has 2 N–H and O–H groups in total. The molecule has 2 atom stereocenters. The number of aromatic hydroxyl groups is 1. The van der Waals surface area contributed by atoms with Crippen molar-refractivity contribution in [2.75, 3.05) is 38.7 Å². The Morgan fingerprint density at radius 2 is 1.42 bits per heavy atom. The number of anilines is 2. The highest BCUT2D eigenvalue weighted by molar-refractivity contribution is 6.07. The van der Waals surface area contributed by atoms with Gasteiger partial charge in [0.1, 0.15) is 6.61 Å². The van der Waals surface area contributed by atoms with Crippen molar-refractivity contribution in [3.63, 3.8) is 0 Å². The number of nitrogens with zero attached hydrogens (tertiary/aromatic N) is 1. The van der Waals surface area contributed by atoms with Crippen molar-refractivity contribution in [3.8, 4) is 28.7 Å². The fourth-order valence-corrected chi connectivity index (χ4v) is 5.19. The van der Waals surface area contributed by atoms with E-state index in [0.717, 1.165) is 11.1 Å². The number of nitrogens with one attached hydrogen (secondary N) is 1. The molecule has 4 aromatic rings. The predicted molar refractivity (Wildman–Crippen MR) is 160 cm³/mol. The molecule has 10 nitrogen and oxygen atoms in total. The van der Waals surface area contributed by atoms with Crippen molar-refractivity contribution in [2.45, 2.75) is 18.6 Å². The molecule has 0 radical (unpaired) electrons. The van der Waals surface area contributed by atoms with E-state index in [1.807, 2.05) is 36.4 Å². The number of phenolic OH excluding ortho intramolecular Hbond substituents is 1. The fourth-order valence-electron chi connectivity index (χ4n) is 5.19. The minimum absolute atomic E-state index is 0.0449. The van der Waals surface area contributed by atoms with Crippen LogP contribution in [0.15, 0.2) is 84.9 Å². The molecule has 1 aliphatic heterocycles. The van der Waals surface area contributed by atoms with Gasteiger partial charge in [-0.25, -0.2) is 4.79 Å². The van der Waals surface area contributed by atoms with Crippen LogP contribution >= 0.6 is 0 Å². The zero-order valence-corrected chi connectivity index (χ0v) is 24.2. The van der Waals surface area contributed by atoms with Gasteiger partial charge in [0, 0.05) is 17.8 Å². The lowest BCUT2D eigenvalue weighted by molar-refractivity contribution is -0.126. The number of carbonyl (C=O) groups excluding carboxylic acids is 2. The van der Waals surface area contributed by atoms with Gasteiger partial charge >= 0.3 is 6.09 Å². The monoisotopic (exact) mass is 584 g/mol. The van der Waals surface area contributed by atoms with Gasteiger partial charge in [-0.15, -0.1) is 0 Å². The van der Waals surface area contributed by atoms with Crippen LogP contribution in [-0.2, 0) is 16.1 Å². The molecule has 10 heteroatoms. The number of hydrogen-bond acceptors (Lipinski definition) is 8. The Hall–Kier alpha value is -5.38. The maximum atomic E-state index is 13.8. The third-order valence-corrected chi connectivity index (χ3v) is 7.30. The molecule has 43 heavy (non-hydrogen) atoms. The van der Waals surface area contributed by atoms with E-state index in [0.29, 0.717) is 39.9 Å². The summed E-state index contributed by atoms with van der Waals surface area (Å²) >= 11 is 0. The number of rotatable bonds is 10. The predicted octanol–water partition coefficient (Wildman–Crippen LogP) is 6.05. The second kappa shape index (κ2) is 12.6. The standard InChI is InChI=1S/C33H32N2O8/c1-39-26-15-12-22(16-25(26)36)30-29(32(37)35(30)24-17-27(40-2)31(42-4)28(18-24)41-3)21-10-13-23(14-11-21)34-33(38)43-19-20-8-6-5-7-9-20/h5-18,29-30,36H,19H2,1-4H3,(H,34,38). The number of hydrogen-bond donors (Lipinski definition) is 2. The third-order valence-electron chi connectivity index (χ3n) is 7.30. The van der Waals surface area contributed by atoms with Crippen molar-refractivity contribution in [3.05, 3.63) is 102 Å². The van der Waals surface area contributed by atoms with Gasteiger partial charge in [-0.1, -0.05) is 48.5 Å². The molecule has 0 aromatic heterocycles. The lowest BCUT2D eigenvalue weighted by Gasteiger charge is -2.48. The Labute approximate surface area is 249 Å². The molecule has 1 saturated heterocycles. The van der Waals surface area contributed by atoms with Gasteiger partial charge < -0.3 is 33.7 Å². The molecule has 5 rings (SSSR count). The van der Waals surface area contributed by atoms with Crippen molar-refractivity contribution in [1.82, 2.24) is 0 Å². The van der Waals surface area contributed by atoms with Gasteiger partial charge in [-0.3, -0.25) is 10.1 Å². The van der Waals surface area contributed by atoms with Crippen LogP contribution < -0.4 is 29.2 Å². The summed E-state index contributed by atoms with van der Waals surface area (Å²) in [6.45, 7) is 0.147. The molecule has 1 fully saturated rings. The molecule has 1 heterocycles. The molecule has 4 aromatic carbocycles. The van der Waals surface area contributed by atoms with Crippen LogP contribution in [0.1, 0.15) is 28.7 Å². The molecule has 0 bridgehead atoms. The summed E-state index contributed by atoms with van der Waals surface area (Å²) in [5.74, 6) is 0.736. The van der Waals surface area contributed by atoms with Crippen LogP contribution in [0, 0.1) is 0 Å². The number of methoxy groups -OCH3 is 4. The molecule has 2 amide bonds. The van der Waals surface area contributed by atoms with E-state index in [9.17, 15) is 14.7 Å². The lowest BCUT2D eigenvalue weighted by Crippen LogP contribution is -2.53. The highest BCUT2D eigenvalue weighted by Crippen LogP contribution is 2.52. The highest BCUT2D eigenvalue weighted by Gasteiger charge is 2.50. The van der Waals surface area contributed by atoms with Crippen molar-refractivity contribution < 1.29 is 38.4 Å². The fraction of sp³-hybridized carbons (Fsp3) is 0.212. The van der Waals surface area contributed by atoms with Gasteiger partial charge in [-0.05, 0) is 41.0 Å².